The van der Waals surface area contributed by atoms with Crippen LogP contribution < -0.4 is 0 Å². The van der Waals surface area contributed by atoms with E-state index < -0.39 is 11.8 Å². The maximum absolute atomic E-state index is 12.4. The van der Waals surface area contributed by atoms with Gasteiger partial charge in [0.1, 0.15) is 0 Å². The van der Waals surface area contributed by atoms with E-state index >= 15 is 0 Å². The van der Waals surface area contributed by atoms with Gasteiger partial charge in [0, 0.05) is 21.7 Å². The van der Waals surface area contributed by atoms with Crippen molar-refractivity contribution in [3.8, 4) is 0 Å². The number of fused-ring (bicyclic) bond motifs is 8. The summed E-state index contributed by atoms with van der Waals surface area (Å²) in [6, 6.07) is 15.0. The molecule has 0 saturated carbocycles. The molecule has 4 aromatic rings. The summed E-state index contributed by atoms with van der Waals surface area (Å²) < 4.78 is 0. The molecule has 3 aromatic carbocycles. The fraction of sp³-hybridized carbons (Fsp3) is 0. The lowest BCUT2D eigenvalue weighted by Crippen LogP contribution is -2.25. The number of nitrogens with zero attached hydrogens (tertiary/aromatic N) is 1. The molecule has 0 atom stereocenters. The number of nitrogens with one attached hydrogen (secondary N) is 1. The molecule has 23 heavy (non-hydrogen) atoms. The van der Waals surface area contributed by atoms with Gasteiger partial charge in [0.15, 0.2) is 0 Å². The number of amides is 2. The number of aromatic amines is 1. The van der Waals surface area contributed by atoms with Gasteiger partial charge in [-0.1, -0.05) is 42.5 Å². The molecule has 0 fully saturated rings. The summed E-state index contributed by atoms with van der Waals surface area (Å²) in [4.78, 5) is 28.2. The fourth-order valence-corrected chi connectivity index (χ4v) is 3.52. The summed E-state index contributed by atoms with van der Waals surface area (Å²) in [5, 5.41) is 13.1. The molecular formula is C18H10N2O3. The van der Waals surface area contributed by atoms with Gasteiger partial charge in [-0.15, -0.1) is 5.06 Å². The maximum Gasteiger partial charge on any atom is 0.286 e. The van der Waals surface area contributed by atoms with Crippen LogP contribution in [0, 0.1) is 0 Å². The number of para-hydroxylation sites is 1. The number of benzene rings is 3. The van der Waals surface area contributed by atoms with Gasteiger partial charge >= 0.3 is 0 Å². The van der Waals surface area contributed by atoms with Crippen LogP contribution in [0.2, 0.25) is 0 Å². The van der Waals surface area contributed by atoms with Gasteiger partial charge in [-0.2, -0.15) is 0 Å². The molecular weight excluding hydrogens is 292 g/mol. The van der Waals surface area contributed by atoms with Crippen molar-refractivity contribution in [2.24, 2.45) is 0 Å². The van der Waals surface area contributed by atoms with Crippen LogP contribution in [0.25, 0.3) is 32.6 Å². The molecule has 0 unspecified atom stereocenters. The van der Waals surface area contributed by atoms with Gasteiger partial charge < -0.3 is 4.98 Å². The Labute approximate surface area is 129 Å². The summed E-state index contributed by atoms with van der Waals surface area (Å²) >= 11 is 0. The van der Waals surface area contributed by atoms with Crippen molar-refractivity contribution in [3.63, 3.8) is 0 Å². The number of hydrogen-bond acceptors (Lipinski definition) is 3. The summed E-state index contributed by atoms with van der Waals surface area (Å²) in [5.41, 5.74) is 2.23. The van der Waals surface area contributed by atoms with Gasteiger partial charge in [0.25, 0.3) is 11.8 Å². The van der Waals surface area contributed by atoms with Gasteiger partial charge in [0.05, 0.1) is 16.6 Å². The SMILES string of the molecule is O=C1c2c(c3c4ccccc4[nH]c3c3ccccc23)C(=O)N1O. The van der Waals surface area contributed by atoms with E-state index in [4.69, 9.17) is 0 Å². The van der Waals surface area contributed by atoms with Crippen LogP contribution in [-0.2, 0) is 0 Å². The lowest BCUT2D eigenvalue weighted by atomic mass is 9.95. The van der Waals surface area contributed by atoms with Crippen LogP contribution in [-0.4, -0.2) is 27.1 Å². The number of carbonyl (C=O) groups is 2. The molecule has 5 rings (SSSR count). The molecule has 0 radical (unpaired) electrons. The number of rotatable bonds is 0. The first-order valence-electron chi connectivity index (χ1n) is 7.21. The third-order valence-electron chi connectivity index (χ3n) is 4.48. The molecule has 2 heterocycles. The van der Waals surface area contributed by atoms with Crippen molar-refractivity contribution < 1.29 is 14.8 Å². The predicted octanol–water partition coefficient (Wildman–Crippen LogP) is 3.46. The Morgan fingerprint density at radius 2 is 1.39 bits per heavy atom. The summed E-state index contributed by atoms with van der Waals surface area (Å²) in [6.45, 7) is 0. The van der Waals surface area contributed by atoms with Gasteiger partial charge in [-0.05, 0) is 11.5 Å². The Morgan fingerprint density at radius 3 is 2.17 bits per heavy atom. The van der Waals surface area contributed by atoms with E-state index in [9.17, 15) is 14.8 Å². The van der Waals surface area contributed by atoms with E-state index in [1.165, 1.54) is 0 Å². The maximum atomic E-state index is 12.4. The highest BCUT2D eigenvalue weighted by molar-refractivity contribution is 6.36. The minimum Gasteiger partial charge on any atom is -0.354 e. The number of hydroxylamine groups is 2. The van der Waals surface area contributed by atoms with Crippen molar-refractivity contribution in [2.45, 2.75) is 0 Å². The summed E-state index contributed by atoms with van der Waals surface area (Å²) in [5.74, 6) is -1.35. The van der Waals surface area contributed by atoms with Gasteiger partial charge in [-0.3, -0.25) is 14.8 Å². The minimum absolute atomic E-state index is 0.207. The molecule has 0 spiro atoms. The van der Waals surface area contributed by atoms with Crippen molar-refractivity contribution in [1.29, 1.82) is 0 Å². The monoisotopic (exact) mass is 302 g/mol. The number of carbonyl (C=O) groups excluding carboxylic acids is 2. The second-order valence-electron chi connectivity index (χ2n) is 5.64. The van der Waals surface area contributed by atoms with Crippen LogP contribution in [0.4, 0.5) is 0 Å². The van der Waals surface area contributed by atoms with Crippen LogP contribution in [0.3, 0.4) is 0 Å². The zero-order valence-corrected chi connectivity index (χ0v) is 11.8. The Hall–Kier alpha value is -3.18. The third-order valence-corrected chi connectivity index (χ3v) is 4.48. The highest BCUT2D eigenvalue weighted by Crippen LogP contribution is 2.40. The number of imide groups is 1. The second kappa shape index (κ2) is 3.97. The Balaban J connectivity index is 2.17. The lowest BCUT2D eigenvalue weighted by Gasteiger charge is -2.05. The molecule has 1 aliphatic heterocycles. The third kappa shape index (κ3) is 1.35. The Bertz CT molecular complexity index is 1170. The quantitative estimate of drug-likeness (QED) is 0.386. The van der Waals surface area contributed by atoms with Crippen LogP contribution >= 0.6 is 0 Å². The standard InChI is InChI=1S/C18H10N2O3/c21-17-14-9-5-1-2-6-10(9)16-13(15(14)18(22)20(17)23)11-7-3-4-8-12(11)19-16/h1-8,19,23H. The lowest BCUT2D eigenvalue weighted by molar-refractivity contribution is -0.0325. The average Bonchev–Trinajstić information content (AvgIpc) is 3.07. The van der Waals surface area contributed by atoms with Gasteiger partial charge in [0.2, 0.25) is 0 Å². The van der Waals surface area contributed by atoms with E-state index in [1.54, 1.807) is 6.07 Å². The van der Waals surface area contributed by atoms with Crippen LogP contribution in [0.5, 0.6) is 0 Å². The van der Waals surface area contributed by atoms with Crippen molar-refractivity contribution in [3.05, 3.63) is 59.7 Å². The first kappa shape index (κ1) is 12.4. The molecule has 0 saturated heterocycles. The van der Waals surface area contributed by atoms with Crippen molar-refractivity contribution in [1.82, 2.24) is 10.0 Å². The largest absolute Gasteiger partial charge is 0.354 e. The topological polar surface area (TPSA) is 73.4 Å². The summed E-state index contributed by atoms with van der Waals surface area (Å²) in [6.07, 6.45) is 0. The molecule has 0 bridgehead atoms. The van der Waals surface area contributed by atoms with E-state index in [2.05, 4.69) is 4.98 Å². The molecule has 2 N–H and O–H groups in total. The molecule has 5 nitrogen and oxygen atoms in total. The predicted molar refractivity (Wildman–Crippen MR) is 85.6 cm³/mol. The molecule has 0 aliphatic carbocycles. The molecule has 1 aromatic heterocycles. The normalized spacial score (nSPS) is 14.4. The Kier molecular flexibility index (Phi) is 2.13. The highest BCUT2D eigenvalue weighted by Gasteiger charge is 2.39. The zero-order chi connectivity index (χ0) is 15.7. The molecule has 2 amide bonds. The minimum atomic E-state index is -0.675. The van der Waals surface area contributed by atoms with E-state index in [-0.39, 0.29) is 16.2 Å². The second-order valence-corrected chi connectivity index (χ2v) is 5.64. The zero-order valence-electron chi connectivity index (χ0n) is 11.8. The van der Waals surface area contributed by atoms with Crippen LogP contribution in [0.1, 0.15) is 20.7 Å². The highest BCUT2D eigenvalue weighted by atomic mass is 16.5. The number of hydrogen-bond donors (Lipinski definition) is 2. The average molecular weight is 302 g/mol. The van der Waals surface area contributed by atoms with Crippen molar-refractivity contribution in [2.75, 3.05) is 0 Å². The molecule has 110 valence electrons. The van der Waals surface area contributed by atoms with Crippen molar-refractivity contribution >= 4 is 44.4 Å². The number of aromatic nitrogens is 1. The molecule has 5 heteroatoms. The van der Waals surface area contributed by atoms with Gasteiger partial charge in [-0.25, -0.2) is 0 Å². The first-order chi connectivity index (χ1) is 11.2. The van der Waals surface area contributed by atoms with E-state index in [1.807, 2.05) is 42.5 Å². The van der Waals surface area contributed by atoms with E-state index in [0.717, 1.165) is 21.8 Å². The van der Waals surface area contributed by atoms with Crippen LogP contribution in [0.15, 0.2) is 48.5 Å². The number of H-pyrrole nitrogens is 1. The smallest absolute Gasteiger partial charge is 0.286 e. The molecule has 1 aliphatic rings. The fourth-order valence-electron chi connectivity index (χ4n) is 3.52. The Morgan fingerprint density at radius 1 is 0.783 bits per heavy atom. The summed E-state index contributed by atoms with van der Waals surface area (Å²) in [7, 11) is 0. The first-order valence-corrected chi connectivity index (χ1v) is 7.21. The van der Waals surface area contributed by atoms with E-state index in [0.29, 0.717) is 10.8 Å².